The van der Waals surface area contributed by atoms with Crippen LogP contribution in [-0.4, -0.2) is 0 Å². The molecule has 0 unspecified atom stereocenters. The molecule has 2 nitrogen and oxygen atoms in total. The molecule has 102 valence electrons. The van der Waals surface area contributed by atoms with Crippen molar-refractivity contribution < 1.29 is 8.78 Å². The molecule has 1 N–H and O–H groups in total. The third-order valence-electron chi connectivity index (χ3n) is 3.21. The minimum Gasteiger partial charge on any atom is -0.376 e. The molecule has 0 atom stereocenters. The van der Waals surface area contributed by atoms with E-state index in [-0.39, 0.29) is 5.69 Å². The lowest BCUT2D eigenvalue weighted by Gasteiger charge is -2.12. The number of rotatable bonds is 3. The Morgan fingerprint density at radius 1 is 1.10 bits per heavy atom. The SMILES string of the molecule is Cc1cc(C#N)ccc1CNc1c(F)ccc(C)c1F. The van der Waals surface area contributed by atoms with Gasteiger partial charge in [-0.2, -0.15) is 5.26 Å². The highest BCUT2D eigenvalue weighted by molar-refractivity contribution is 5.50. The fraction of sp³-hybridized carbons (Fsp3) is 0.188. The maximum Gasteiger partial charge on any atom is 0.152 e. The number of aryl methyl sites for hydroxylation is 2. The molecular weight excluding hydrogens is 258 g/mol. The molecule has 2 aromatic rings. The van der Waals surface area contributed by atoms with Crippen LogP contribution in [0.3, 0.4) is 0 Å². The largest absolute Gasteiger partial charge is 0.376 e. The number of nitriles is 1. The van der Waals surface area contributed by atoms with Gasteiger partial charge in [0.15, 0.2) is 5.82 Å². The normalized spacial score (nSPS) is 10.2. The summed E-state index contributed by atoms with van der Waals surface area (Å²) in [7, 11) is 0. The number of nitrogens with one attached hydrogen (secondary N) is 1. The van der Waals surface area contributed by atoms with Gasteiger partial charge < -0.3 is 5.32 Å². The van der Waals surface area contributed by atoms with Crippen molar-refractivity contribution in [3.05, 3.63) is 64.2 Å². The van der Waals surface area contributed by atoms with Gasteiger partial charge in [-0.3, -0.25) is 0 Å². The molecule has 0 aliphatic carbocycles. The first-order chi connectivity index (χ1) is 9.52. The number of hydrogen-bond acceptors (Lipinski definition) is 2. The van der Waals surface area contributed by atoms with Crippen molar-refractivity contribution >= 4 is 5.69 Å². The summed E-state index contributed by atoms with van der Waals surface area (Å²) in [4.78, 5) is 0. The zero-order chi connectivity index (χ0) is 14.7. The Kier molecular flexibility index (Phi) is 3.99. The molecule has 0 radical (unpaired) electrons. The van der Waals surface area contributed by atoms with Crippen LogP contribution in [0.1, 0.15) is 22.3 Å². The van der Waals surface area contributed by atoms with Crippen molar-refractivity contribution in [3.8, 4) is 6.07 Å². The summed E-state index contributed by atoms with van der Waals surface area (Å²) in [6.07, 6.45) is 0. The summed E-state index contributed by atoms with van der Waals surface area (Å²) in [6.45, 7) is 3.75. The molecule has 0 bridgehead atoms. The number of benzene rings is 2. The molecule has 20 heavy (non-hydrogen) atoms. The number of hydrogen-bond donors (Lipinski definition) is 1. The summed E-state index contributed by atoms with van der Waals surface area (Å²) in [5, 5.41) is 11.6. The second-order valence-electron chi connectivity index (χ2n) is 4.66. The molecule has 0 aromatic heterocycles. The van der Waals surface area contributed by atoms with Crippen LogP contribution in [0.5, 0.6) is 0 Å². The second-order valence-corrected chi connectivity index (χ2v) is 4.66. The van der Waals surface area contributed by atoms with Crippen molar-refractivity contribution in [2.45, 2.75) is 20.4 Å². The summed E-state index contributed by atoms with van der Waals surface area (Å²) in [6, 6.07) is 9.92. The number of halogens is 2. The lowest BCUT2D eigenvalue weighted by atomic mass is 10.1. The highest BCUT2D eigenvalue weighted by Gasteiger charge is 2.11. The van der Waals surface area contributed by atoms with E-state index in [0.29, 0.717) is 17.7 Å². The van der Waals surface area contributed by atoms with Gasteiger partial charge in [0.2, 0.25) is 0 Å². The maximum atomic E-state index is 13.8. The van der Waals surface area contributed by atoms with Crippen LogP contribution in [-0.2, 0) is 6.54 Å². The van der Waals surface area contributed by atoms with E-state index in [4.69, 9.17) is 5.26 Å². The van der Waals surface area contributed by atoms with Gasteiger partial charge in [-0.1, -0.05) is 12.1 Å². The van der Waals surface area contributed by atoms with Gasteiger partial charge in [-0.05, 0) is 48.7 Å². The van der Waals surface area contributed by atoms with E-state index >= 15 is 0 Å². The zero-order valence-corrected chi connectivity index (χ0v) is 11.3. The van der Waals surface area contributed by atoms with E-state index in [1.54, 1.807) is 25.1 Å². The van der Waals surface area contributed by atoms with Gasteiger partial charge in [0.25, 0.3) is 0 Å². The molecule has 0 amide bonds. The van der Waals surface area contributed by atoms with E-state index in [0.717, 1.165) is 11.1 Å². The summed E-state index contributed by atoms with van der Waals surface area (Å²) in [5.74, 6) is -1.18. The Morgan fingerprint density at radius 2 is 1.85 bits per heavy atom. The van der Waals surface area contributed by atoms with Gasteiger partial charge in [-0.15, -0.1) is 0 Å². The van der Waals surface area contributed by atoms with E-state index in [2.05, 4.69) is 11.4 Å². The van der Waals surface area contributed by atoms with Gasteiger partial charge in [0.1, 0.15) is 11.5 Å². The standard InChI is InChI=1S/C16H14F2N2/c1-10-3-6-14(17)16(15(10)18)20-9-13-5-4-12(8-19)7-11(13)2/h3-7,20H,9H2,1-2H3. The molecule has 0 aliphatic heterocycles. The van der Waals surface area contributed by atoms with Gasteiger partial charge in [0, 0.05) is 6.54 Å². The number of anilines is 1. The molecule has 2 rings (SSSR count). The molecule has 0 spiro atoms. The van der Waals surface area contributed by atoms with Gasteiger partial charge in [0.05, 0.1) is 11.6 Å². The highest BCUT2D eigenvalue weighted by Crippen LogP contribution is 2.23. The van der Waals surface area contributed by atoms with Crippen LogP contribution in [0, 0.1) is 36.8 Å². The average molecular weight is 272 g/mol. The van der Waals surface area contributed by atoms with E-state index in [1.807, 2.05) is 6.92 Å². The van der Waals surface area contributed by atoms with E-state index in [9.17, 15) is 8.78 Å². The minimum absolute atomic E-state index is 0.117. The molecule has 0 saturated carbocycles. The lowest BCUT2D eigenvalue weighted by Crippen LogP contribution is -2.06. The maximum absolute atomic E-state index is 13.8. The monoisotopic (exact) mass is 272 g/mol. The predicted octanol–water partition coefficient (Wildman–Crippen LogP) is 4.07. The summed E-state index contributed by atoms with van der Waals surface area (Å²) < 4.78 is 27.4. The van der Waals surface area contributed by atoms with Crippen molar-refractivity contribution in [2.75, 3.05) is 5.32 Å². The van der Waals surface area contributed by atoms with Crippen LogP contribution in [0.2, 0.25) is 0 Å². The molecule has 0 heterocycles. The van der Waals surface area contributed by atoms with Crippen LogP contribution in [0.25, 0.3) is 0 Å². The van der Waals surface area contributed by atoms with Crippen LogP contribution >= 0.6 is 0 Å². The Labute approximate surface area is 116 Å². The van der Waals surface area contributed by atoms with E-state index in [1.165, 1.54) is 12.1 Å². The van der Waals surface area contributed by atoms with Crippen molar-refractivity contribution in [1.82, 2.24) is 0 Å². The molecule has 0 saturated heterocycles. The van der Waals surface area contributed by atoms with Crippen LogP contribution < -0.4 is 5.32 Å². The van der Waals surface area contributed by atoms with Crippen LogP contribution in [0.4, 0.5) is 14.5 Å². The third kappa shape index (κ3) is 2.77. The average Bonchev–Trinajstić information content (AvgIpc) is 2.44. The van der Waals surface area contributed by atoms with Crippen molar-refractivity contribution in [3.63, 3.8) is 0 Å². The Balaban J connectivity index is 2.22. The van der Waals surface area contributed by atoms with Gasteiger partial charge >= 0.3 is 0 Å². The smallest absolute Gasteiger partial charge is 0.152 e. The molecule has 2 aromatic carbocycles. The van der Waals surface area contributed by atoms with Crippen molar-refractivity contribution in [2.24, 2.45) is 0 Å². The number of nitrogens with zero attached hydrogens (tertiary/aromatic N) is 1. The Morgan fingerprint density at radius 3 is 2.50 bits per heavy atom. The fourth-order valence-corrected chi connectivity index (χ4v) is 1.97. The molecule has 0 aliphatic rings. The first kappa shape index (κ1) is 14.0. The minimum atomic E-state index is -0.612. The van der Waals surface area contributed by atoms with Gasteiger partial charge in [-0.25, -0.2) is 8.78 Å². The first-order valence-corrected chi connectivity index (χ1v) is 6.21. The molecule has 0 fully saturated rings. The second kappa shape index (κ2) is 5.70. The summed E-state index contributed by atoms with van der Waals surface area (Å²) >= 11 is 0. The van der Waals surface area contributed by atoms with E-state index < -0.39 is 11.6 Å². The Hall–Kier alpha value is -2.41. The topological polar surface area (TPSA) is 35.8 Å². The highest BCUT2D eigenvalue weighted by atomic mass is 19.1. The summed E-state index contributed by atoms with van der Waals surface area (Å²) in [5.41, 5.74) is 2.65. The molecule has 4 heteroatoms. The lowest BCUT2D eigenvalue weighted by molar-refractivity contribution is 0.582. The quantitative estimate of drug-likeness (QED) is 0.914. The molecular formula is C16H14F2N2. The third-order valence-corrected chi connectivity index (χ3v) is 3.21. The predicted molar refractivity (Wildman–Crippen MR) is 74.3 cm³/mol. The van der Waals surface area contributed by atoms with Crippen LogP contribution in [0.15, 0.2) is 30.3 Å². The zero-order valence-electron chi connectivity index (χ0n) is 11.3. The fourth-order valence-electron chi connectivity index (χ4n) is 1.97. The van der Waals surface area contributed by atoms with Crippen molar-refractivity contribution in [1.29, 1.82) is 5.26 Å². The first-order valence-electron chi connectivity index (χ1n) is 6.21. The Bertz CT molecular complexity index is 688.